The number of carbonyl (C=O) groups excluding carboxylic acids is 1. The number of oxazole rings is 1. The fraction of sp³-hybridized carbons (Fsp3) is 0.304. The number of ether oxygens (including phenoxy) is 1. The predicted octanol–water partition coefficient (Wildman–Crippen LogP) is 6.57. The first-order valence-electron chi connectivity index (χ1n) is 10.0. The zero-order valence-electron chi connectivity index (χ0n) is 17.0. The molecule has 2 aromatic carbocycles. The molecule has 1 amide bonds. The van der Waals surface area contributed by atoms with Gasteiger partial charge in [0.15, 0.2) is 5.69 Å². The molecule has 8 heteroatoms. The minimum atomic E-state index is -4.42. The van der Waals surface area contributed by atoms with Crippen LogP contribution in [-0.4, -0.2) is 17.5 Å². The van der Waals surface area contributed by atoms with Gasteiger partial charge in [-0.1, -0.05) is 26.2 Å². The number of benzene rings is 2. The normalized spacial score (nSPS) is 11.4. The molecule has 0 saturated heterocycles. The summed E-state index contributed by atoms with van der Waals surface area (Å²) in [6.07, 6.45) is 1.24. The highest BCUT2D eigenvalue weighted by Crippen LogP contribution is 2.30. The van der Waals surface area contributed by atoms with E-state index in [1.807, 2.05) is 0 Å². The summed E-state index contributed by atoms with van der Waals surface area (Å²) in [6.45, 7) is 2.81. The number of hydrogen-bond acceptors (Lipinski definition) is 4. The van der Waals surface area contributed by atoms with Crippen molar-refractivity contribution < 1.29 is 27.1 Å². The molecule has 0 radical (unpaired) electrons. The van der Waals surface area contributed by atoms with Gasteiger partial charge in [0.05, 0.1) is 12.2 Å². The van der Waals surface area contributed by atoms with Crippen LogP contribution in [0.15, 0.2) is 59.2 Å². The average molecular weight is 432 g/mol. The lowest BCUT2D eigenvalue weighted by Gasteiger charge is -2.07. The van der Waals surface area contributed by atoms with Gasteiger partial charge < -0.3 is 14.5 Å². The van der Waals surface area contributed by atoms with Crippen molar-refractivity contribution >= 4 is 11.6 Å². The Labute approximate surface area is 178 Å². The van der Waals surface area contributed by atoms with Gasteiger partial charge in [-0.3, -0.25) is 4.79 Å². The van der Waals surface area contributed by atoms with Crippen LogP contribution in [-0.2, 0) is 6.18 Å². The van der Waals surface area contributed by atoms with Crippen LogP contribution in [0.4, 0.5) is 18.9 Å². The Morgan fingerprint density at radius 3 is 2.39 bits per heavy atom. The summed E-state index contributed by atoms with van der Waals surface area (Å²) in [5.74, 6) is 0.293. The number of unbranched alkanes of at least 4 members (excludes halogenated alkanes) is 3. The van der Waals surface area contributed by atoms with E-state index in [-0.39, 0.29) is 11.6 Å². The lowest BCUT2D eigenvalue weighted by Crippen LogP contribution is -2.12. The number of amides is 1. The summed E-state index contributed by atoms with van der Waals surface area (Å²) < 4.78 is 48.9. The number of nitrogens with one attached hydrogen (secondary N) is 1. The Balaban J connectivity index is 1.56. The number of alkyl halides is 3. The largest absolute Gasteiger partial charge is 0.494 e. The van der Waals surface area contributed by atoms with Gasteiger partial charge in [0.25, 0.3) is 5.91 Å². The molecular formula is C23H23F3N2O3. The molecule has 5 nitrogen and oxygen atoms in total. The number of hydrogen-bond donors (Lipinski definition) is 1. The maximum atomic E-state index is 12.7. The van der Waals surface area contributed by atoms with E-state index >= 15 is 0 Å². The molecule has 0 unspecified atom stereocenters. The van der Waals surface area contributed by atoms with E-state index in [4.69, 9.17) is 9.15 Å². The van der Waals surface area contributed by atoms with Crippen LogP contribution < -0.4 is 10.1 Å². The van der Waals surface area contributed by atoms with Crippen LogP contribution in [0.2, 0.25) is 0 Å². The monoisotopic (exact) mass is 432 g/mol. The second kappa shape index (κ2) is 10.1. The van der Waals surface area contributed by atoms with Crippen molar-refractivity contribution in [2.24, 2.45) is 0 Å². The smallest absolute Gasteiger partial charge is 0.416 e. The lowest BCUT2D eigenvalue weighted by molar-refractivity contribution is -0.137. The average Bonchev–Trinajstić information content (AvgIpc) is 3.25. The van der Waals surface area contributed by atoms with E-state index in [1.54, 1.807) is 24.3 Å². The van der Waals surface area contributed by atoms with E-state index in [0.29, 0.717) is 17.9 Å². The maximum absolute atomic E-state index is 12.7. The van der Waals surface area contributed by atoms with Crippen LogP contribution in [0.5, 0.6) is 5.75 Å². The third kappa shape index (κ3) is 6.34. The van der Waals surface area contributed by atoms with Crippen LogP contribution in [0.3, 0.4) is 0 Å². The number of halogens is 3. The van der Waals surface area contributed by atoms with Crippen molar-refractivity contribution in [1.82, 2.24) is 4.98 Å². The molecule has 1 heterocycles. The highest BCUT2D eigenvalue weighted by Gasteiger charge is 2.30. The molecule has 3 rings (SSSR count). The first-order valence-corrected chi connectivity index (χ1v) is 10.0. The summed E-state index contributed by atoms with van der Waals surface area (Å²) in [7, 11) is 0. The number of rotatable bonds is 9. The van der Waals surface area contributed by atoms with Crippen molar-refractivity contribution in [3.63, 3.8) is 0 Å². The van der Waals surface area contributed by atoms with E-state index < -0.39 is 17.6 Å². The molecule has 0 aliphatic carbocycles. The quantitative estimate of drug-likeness (QED) is 0.388. The van der Waals surface area contributed by atoms with Crippen LogP contribution in [0.25, 0.3) is 11.5 Å². The Kier molecular flexibility index (Phi) is 7.33. The van der Waals surface area contributed by atoms with Crippen molar-refractivity contribution in [3.8, 4) is 17.2 Å². The Morgan fingerprint density at radius 1 is 1.03 bits per heavy atom. The minimum absolute atomic E-state index is 0.0196. The van der Waals surface area contributed by atoms with Crippen LogP contribution in [0.1, 0.15) is 48.7 Å². The zero-order valence-corrected chi connectivity index (χ0v) is 17.0. The van der Waals surface area contributed by atoms with Crippen molar-refractivity contribution in [3.05, 3.63) is 66.1 Å². The summed E-state index contributed by atoms with van der Waals surface area (Å²) in [4.78, 5) is 16.5. The van der Waals surface area contributed by atoms with Gasteiger partial charge in [-0.15, -0.1) is 0 Å². The molecule has 0 spiro atoms. The third-order valence-electron chi connectivity index (χ3n) is 4.57. The van der Waals surface area contributed by atoms with E-state index in [9.17, 15) is 18.0 Å². The molecule has 0 bridgehead atoms. The molecule has 0 atom stereocenters. The molecule has 0 saturated carbocycles. The molecule has 3 aromatic rings. The second-order valence-corrected chi connectivity index (χ2v) is 7.00. The van der Waals surface area contributed by atoms with Crippen LogP contribution >= 0.6 is 0 Å². The standard InChI is InChI=1S/C23H23F3N2O3/c1-2-3-4-5-14-30-19-12-10-18(11-13-19)27-21(29)20-15-31-22(28-20)16-6-8-17(9-7-16)23(24,25)26/h6-13,15H,2-5,14H2,1H3,(H,27,29). The molecule has 0 fully saturated rings. The van der Waals surface area contributed by atoms with Crippen molar-refractivity contribution in [1.29, 1.82) is 0 Å². The van der Waals surface area contributed by atoms with Gasteiger partial charge in [0.1, 0.15) is 12.0 Å². The van der Waals surface area contributed by atoms with Gasteiger partial charge in [-0.05, 0) is 55.0 Å². The Bertz CT molecular complexity index is 981. The lowest BCUT2D eigenvalue weighted by atomic mass is 10.1. The minimum Gasteiger partial charge on any atom is -0.494 e. The highest BCUT2D eigenvalue weighted by molar-refractivity contribution is 6.02. The third-order valence-corrected chi connectivity index (χ3v) is 4.57. The SMILES string of the molecule is CCCCCCOc1ccc(NC(=O)c2coc(-c3ccc(C(F)(F)F)cc3)n2)cc1. The van der Waals surface area contributed by atoms with E-state index in [2.05, 4.69) is 17.2 Å². The Hall–Kier alpha value is -3.29. The summed E-state index contributed by atoms with van der Waals surface area (Å²) in [5, 5.41) is 2.70. The van der Waals surface area contributed by atoms with E-state index in [1.165, 1.54) is 25.0 Å². The van der Waals surface area contributed by atoms with E-state index in [0.717, 1.165) is 37.0 Å². The molecule has 0 aliphatic heterocycles. The first kappa shape index (κ1) is 22.4. The van der Waals surface area contributed by atoms with Crippen molar-refractivity contribution in [2.75, 3.05) is 11.9 Å². The maximum Gasteiger partial charge on any atom is 0.416 e. The molecule has 1 N–H and O–H groups in total. The zero-order chi connectivity index (χ0) is 22.3. The molecule has 1 aromatic heterocycles. The topological polar surface area (TPSA) is 64.4 Å². The van der Waals surface area contributed by atoms with Crippen molar-refractivity contribution in [2.45, 2.75) is 38.8 Å². The number of aromatic nitrogens is 1. The molecular weight excluding hydrogens is 409 g/mol. The number of carbonyl (C=O) groups is 1. The van der Waals surface area contributed by atoms with Gasteiger partial charge in [0, 0.05) is 11.3 Å². The summed E-state index contributed by atoms with van der Waals surface area (Å²) in [6, 6.07) is 11.3. The van der Waals surface area contributed by atoms with Gasteiger partial charge in [-0.2, -0.15) is 13.2 Å². The predicted molar refractivity (Wildman–Crippen MR) is 111 cm³/mol. The Morgan fingerprint density at radius 2 is 1.74 bits per heavy atom. The first-order chi connectivity index (χ1) is 14.9. The highest BCUT2D eigenvalue weighted by atomic mass is 19.4. The summed E-state index contributed by atoms with van der Waals surface area (Å²) >= 11 is 0. The second-order valence-electron chi connectivity index (χ2n) is 7.00. The van der Waals surface area contributed by atoms with Gasteiger partial charge >= 0.3 is 6.18 Å². The van der Waals surface area contributed by atoms with Gasteiger partial charge in [0.2, 0.25) is 5.89 Å². The molecule has 31 heavy (non-hydrogen) atoms. The molecule has 0 aliphatic rings. The molecule has 164 valence electrons. The fourth-order valence-corrected chi connectivity index (χ4v) is 2.86. The number of anilines is 1. The summed E-state index contributed by atoms with van der Waals surface area (Å²) in [5.41, 5.74) is 0.148. The van der Waals surface area contributed by atoms with Gasteiger partial charge in [-0.25, -0.2) is 4.98 Å². The number of nitrogens with zero attached hydrogens (tertiary/aromatic N) is 1. The van der Waals surface area contributed by atoms with Crippen LogP contribution in [0, 0.1) is 0 Å². The fourth-order valence-electron chi connectivity index (χ4n) is 2.86.